The van der Waals surface area contributed by atoms with Gasteiger partial charge in [-0.25, -0.2) is 9.78 Å². The fourth-order valence-electron chi connectivity index (χ4n) is 4.45. The summed E-state index contributed by atoms with van der Waals surface area (Å²) in [7, 11) is 1.75. The molecule has 200 valence electrons. The molecular weight excluding hydrogens is 487 g/mol. The summed E-state index contributed by atoms with van der Waals surface area (Å²) in [5, 5.41) is 8.09. The van der Waals surface area contributed by atoms with Gasteiger partial charge in [-0.1, -0.05) is 0 Å². The van der Waals surface area contributed by atoms with E-state index in [1.807, 2.05) is 18.7 Å². The number of aryl methyl sites for hydroxylation is 2. The number of carboxylic acids is 1. The molecule has 2 saturated heterocycles. The van der Waals surface area contributed by atoms with Gasteiger partial charge in [0.25, 0.3) is 5.91 Å². The summed E-state index contributed by atoms with van der Waals surface area (Å²) in [6.07, 6.45) is -1.63. The van der Waals surface area contributed by atoms with Crippen molar-refractivity contribution in [3.05, 3.63) is 15.6 Å². The molecule has 3 heterocycles. The topological polar surface area (TPSA) is 92.2 Å². The van der Waals surface area contributed by atoms with Gasteiger partial charge in [-0.3, -0.25) is 9.69 Å². The minimum Gasteiger partial charge on any atom is -0.475 e. The number of amides is 1. The molecule has 1 aromatic heterocycles. The normalized spacial score (nSPS) is 19.8. The van der Waals surface area contributed by atoms with E-state index in [4.69, 9.17) is 19.4 Å². The summed E-state index contributed by atoms with van der Waals surface area (Å²) in [5.74, 6) is -2.61. The lowest BCUT2D eigenvalue weighted by atomic mass is 9.76. The number of hydrogen-bond acceptors (Lipinski definition) is 7. The van der Waals surface area contributed by atoms with E-state index >= 15 is 0 Å². The van der Waals surface area contributed by atoms with E-state index in [1.165, 1.54) is 11.3 Å². The lowest BCUT2D eigenvalue weighted by Crippen LogP contribution is -2.44. The number of ether oxygens (including phenoxy) is 2. The van der Waals surface area contributed by atoms with Crippen LogP contribution in [0, 0.1) is 19.3 Å². The van der Waals surface area contributed by atoms with Crippen molar-refractivity contribution in [3.8, 4) is 0 Å². The van der Waals surface area contributed by atoms with Crippen LogP contribution < -0.4 is 0 Å². The summed E-state index contributed by atoms with van der Waals surface area (Å²) < 4.78 is 43.2. The van der Waals surface area contributed by atoms with Crippen LogP contribution in [0.4, 0.5) is 13.2 Å². The van der Waals surface area contributed by atoms with Crippen molar-refractivity contribution in [1.82, 2.24) is 14.8 Å². The third-order valence-electron chi connectivity index (χ3n) is 6.49. The number of carbonyl (C=O) groups excluding carboxylic acids is 1. The molecule has 12 heteroatoms. The molecular formula is C23H36F3N3O5S. The molecule has 0 aromatic carbocycles. The van der Waals surface area contributed by atoms with Crippen LogP contribution in [-0.4, -0.2) is 96.6 Å². The fraction of sp³-hybridized carbons (Fsp3) is 0.783. The number of carboxylic acid groups (broad SMARTS) is 1. The summed E-state index contributed by atoms with van der Waals surface area (Å²) >= 11 is 1.51. The number of carbonyl (C=O) groups is 2. The van der Waals surface area contributed by atoms with Crippen molar-refractivity contribution in [2.24, 2.45) is 5.41 Å². The highest BCUT2D eigenvalue weighted by atomic mass is 32.1. The maximum atomic E-state index is 12.9. The second-order valence-corrected chi connectivity index (χ2v) is 10.7. The highest BCUT2D eigenvalue weighted by Crippen LogP contribution is 2.42. The fourth-order valence-corrected chi connectivity index (χ4v) is 5.34. The van der Waals surface area contributed by atoms with Gasteiger partial charge in [0, 0.05) is 39.3 Å². The quantitative estimate of drug-likeness (QED) is 0.582. The first-order chi connectivity index (χ1) is 16.3. The zero-order valence-electron chi connectivity index (χ0n) is 21.0. The Hall–Kier alpha value is -1.76. The molecule has 35 heavy (non-hydrogen) atoms. The van der Waals surface area contributed by atoms with Crippen molar-refractivity contribution in [2.75, 3.05) is 46.5 Å². The number of aromatic nitrogens is 1. The molecule has 2 aliphatic rings. The number of hydrogen-bond donors (Lipinski definition) is 1. The van der Waals surface area contributed by atoms with Crippen LogP contribution in [0.3, 0.4) is 0 Å². The number of aliphatic carboxylic acids is 1. The number of nitrogens with zero attached hydrogens (tertiary/aromatic N) is 3. The van der Waals surface area contributed by atoms with E-state index in [1.54, 1.807) is 7.11 Å². The first-order valence-corrected chi connectivity index (χ1v) is 12.5. The number of rotatable bonds is 7. The Kier molecular flexibility index (Phi) is 10.5. The minimum absolute atomic E-state index is 0.152. The molecule has 0 aliphatic carbocycles. The van der Waals surface area contributed by atoms with Gasteiger partial charge in [-0.15, -0.1) is 11.3 Å². The smallest absolute Gasteiger partial charge is 0.475 e. The molecule has 0 bridgehead atoms. The van der Waals surface area contributed by atoms with Crippen LogP contribution in [0.15, 0.2) is 0 Å². The number of methoxy groups -OCH3 is 1. The van der Waals surface area contributed by atoms with Gasteiger partial charge in [0.15, 0.2) is 0 Å². The predicted molar refractivity (Wildman–Crippen MR) is 126 cm³/mol. The average Bonchev–Trinajstić information content (AvgIpc) is 3.32. The van der Waals surface area contributed by atoms with Gasteiger partial charge < -0.3 is 19.5 Å². The number of halogens is 3. The Labute approximate surface area is 208 Å². The van der Waals surface area contributed by atoms with Crippen LogP contribution >= 0.6 is 11.3 Å². The van der Waals surface area contributed by atoms with Crippen LogP contribution in [-0.2, 0) is 14.3 Å². The summed E-state index contributed by atoms with van der Waals surface area (Å²) in [6, 6.07) is 0.487. The molecule has 2 aliphatic heterocycles. The van der Waals surface area contributed by atoms with Crippen LogP contribution in [0.25, 0.3) is 0 Å². The Morgan fingerprint density at radius 2 is 1.91 bits per heavy atom. The Morgan fingerprint density at radius 1 is 1.31 bits per heavy atom. The van der Waals surface area contributed by atoms with Crippen LogP contribution in [0.5, 0.6) is 0 Å². The van der Waals surface area contributed by atoms with Gasteiger partial charge in [-0.2, -0.15) is 13.2 Å². The molecule has 1 N–H and O–H groups in total. The number of alkyl halides is 3. The highest BCUT2D eigenvalue weighted by Gasteiger charge is 2.44. The second-order valence-electron chi connectivity index (χ2n) is 9.46. The summed E-state index contributed by atoms with van der Waals surface area (Å²) in [6.45, 7) is 13.5. The number of thiazole rings is 1. The van der Waals surface area contributed by atoms with E-state index in [0.29, 0.717) is 6.04 Å². The molecule has 8 nitrogen and oxygen atoms in total. The second kappa shape index (κ2) is 12.5. The Balaban J connectivity index is 0.000000540. The van der Waals surface area contributed by atoms with Gasteiger partial charge in [-0.05, 0) is 52.4 Å². The van der Waals surface area contributed by atoms with Gasteiger partial charge in [0.2, 0.25) is 0 Å². The van der Waals surface area contributed by atoms with E-state index < -0.39 is 12.1 Å². The van der Waals surface area contributed by atoms with Crippen molar-refractivity contribution in [1.29, 1.82) is 0 Å². The van der Waals surface area contributed by atoms with Crippen LogP contribution in [0.2, 0.25) is 0 Å². The summed E-state index contributed by atoms with van der Waals surface area (Å²) in [4.78, 5) is 31.4. The van der Waals surface area contributed by atoms with Crippen molar-refractivity contribution >= 4 is 23.2 Å². The zero-order chi connectivity index (χ0) is 26.4. The third kappa shape index (κ3) is 8.40. The van der Waals surface area contributed by atoms with Gasteiger partial charge >= 0.3 is 12.1 Å². The molecule has 2 fully saturated rings. The van der Waals surface area contributed by atoms with E-state index in [-0.39, 0.29) is 17.4 Å². The maximum Gasteiger partial charge on any atom is 0.490 e. The molecule has 0 radical (unpaired) electrons. The molecule has 0 saturated carbocycles. The monoisotopic (exact) mass is 523 g/mol. The Bertz CT molecular complexity index is 854. The molecule has 3 rings (SSSR count). The number of piperidine rings is 1. The van der Waals surface area contributed by atoms with Crippen molar-refractivity contribution < 1.29 is 37.3 Å². The number of likely N-dealkylation sites (tertiary alicyclic amines) is 1. The maximum absolute atomic E-state index is 12.9. The molecule has 1 aromatic rings. The lowest BCUT2D eigenvalue weighted by Gasteiger charge is -2.38. The SMILES string of the molecule is COCCN(CC1CC2(CCN(C(=O)c3sc(C)nc3C)CC2)CO1)C(C)C.O=C(O)C(F)(F)F. The molecule has 1 atom stereocenters. The standard InChI is InChI=1S/C21H35N3O3S.C2HF3O2/c1-15(2)24(10-11-26-5)13-18-12-21(14-27-18)6-8-23(9-7-21)20(25)19-16(3)22-17(4)28-19;3-2(4,5)1(6)7/h15,18H,6-14H2,1-5H3;(H,6,7). The Morgan fingerprint density at radius 3 is 2.37 bits per heavy atom. The first kappa shape index (κ1) is 29.5. The first-order valence-electron chi connectivity index (χ1n) is 11.7. The van der Waals surface area contributed by atoms with E-state index in [9.17, 15) is 18.0 Å². The lowest BCUT2D eigenvalue weighted by molar-refractivity contribution is -0.192. The average molecular weight is 524 g/mol. The molecule has 1 amide bonds. The minimum atomic E-state index is -5.08. The zero-order valence-corrected chi connectivity index (χ0v) is 21.8. The van der Waals surface area contributed by atoms with Crippen molar-refractivity contribution in [2.45, 2.75) is 65.3 Å². The van der Waals surface area contributed by atoms with E-state index in [0.717, 1.165) is 74.2 Å². The van der Waals surface area contributed by atoms with Gasteiger partial charge in [0.05, 0.1) is 30.0 Å². The summed E-state index contributed by atoms with van der Waals surface area (Å²) in [5.41, 5.74) is 1.10. The van der Waals surface area contributed by atoms with Gasteiger partial charge in [0.1, 0.15) is 4.88 Å². The third-order valence-corrected chi connectivity index (χ3v) is 7.55. The van der Waals surface area contributed by atoms with E-state index in [2.05, 4.69) is 23.7 Å². The van der Waals surface area contributed by atoms with Crippen molar-refractivity contribution in [3.63, 3.8) is 0 Å². The molecule has 1 unspecified atom stereocenters. The largest absolute Gasteiger partial charge is 0.490 e. The van der Waals surface area contributed by atoms with Crippen LogP contribution in [0.1, 0.15) is 53.5 Å². The molecule has 1 spiro atoms. The highest BCUT2D eigenvalue weighted by molar-refractivity contribution is 7.13. The predicted octanol–water partition coefficient (Wildman–Crippen LogP) is 3.76.